The van der Waals surface area contributed by atoms with Crippen molar-refractivity contribution in [1.29, 1.82) is 0 Å². The lowest BCUT2D eigenvalue weighted by molar-refractivity contribution is 1.46. The van der Waals surface area contributed by atoms with Crippen LogP contribution in [0.3, 0.4) is 0 Å². The fourth-order valence-corrected chi connectivity index (χ4v) is 3.13. The van der Waals surface area contributed by atoms with Crippen LogP contribution in [0.5, 0.6) is 0 Å². The summed E-state index contributed by atoms with van der Waals surface area (Å²) in [5.74, 6) is 0. The van der Waals surface area contributed by atoms with Crippen molar-refractivity contribution in [1.82, 2.24) is 0 Å². The topological polar surface area (TPSA) is 0 Å². The van der Waals surface area contributed by atoms with Gasteiger partial charge in [0.1, 0.15) is 0 Å². The second kappa shape index (κ2) is 3.58. The second-order valence-electron chi connectivity index (χ2n) is 3.03. The molecule has 13 heavy (non-hydrogen) atoms. The predicted octanol–water partition coefficient (Wildman–Crippen LogP) is 4.52. The SMILES string of the molecule is Cc1ccc2cccc(Br)c2c1I. The molecule has 0 heterocycles. The van der Waals surface area contributed by atoms with Crippen molar-refractivity contribution in [2.75, 3.05) is 0 Å². The zero-order valence-electron chi connectivity index (χ0n) is 7.14. The van der Waals surface area contributed by atoms with E-state index in [0.29, 0.717) is 0 Å². The van der Waals surface area contributed by atoms with E-state index < -0.39 is 0 Å². The van der Waals surface area contributed by atoms with Crippen molar-refractivity contribution in [3.63, 3.8) is 0 Å². The van der Waals surface area contributed by atoms with Crippen LogP contribution in [0, 0.1) is 10.5 Å². The molecule has 0 radical (unpaired) electrons. The van der Waals surface area contributed by atoms with Gasteiger partial charge in [0.05, 0.1) is 0 Å². The maximum absolute atomic E-state index is 3.58. The van der Waals surface area contributed by atoms with Gasteiger partial charge in [-0.2, -0.15) is 0 Å². The van der Waals surface area contributed by atoms with Gasteiger partial charge in [0, 0.05) is 13.4 Å². The second-order valence-corrected chi connectivity index (χ2v) is 4.97. The van der Waals surface area contributed by atoms with Gasteiger partial charge in [-0.1, -0.05) is 40.2 Å². The lowest BCUT2D eigenvalue weighted by atomic mass is 10.1. The molecule has 0 fully saturated rings. The van der Waals surface area contributed by atoms with E-state index >= 15 is 0 Å². The largest absolute Gasteiger partial charge is 0.0605 e. The van der Waals surface area contributed by atoms with E-state index in [1.54, 1.807) is 0 Å². The molecule has 0 saturated heterocycles. The molecule has 2 aromatic rings. The van der Waals surface area contributed by atoms with Crippen LogP contribution in [0.2, 0.25) is 0 Å². The summed E-state index contributed by atoms with van der Waals surface area (Å²) in [7, 11) is 0. The van der Waals surface area contributed by atoms with Gasteiger partial charge in [0.15, 0.2) is 0 Å². The predicted molar refractivity (Wildman–Crippen MR) is 69.1 cm³/mol. The minimum Gasteiger partial charge on any atom is -0.0605 e. The van der Waals surface area contributed by atoms with Crippen LogP contribution in [-0.2, 0) is 0 Å². The van der Waals surface area contributed by atoms with E-state index in [0.717, 1.165) is 0 Å². The van der Waals surface area contributed by atoms with E-state index in [9.17, 15) is 0 Å². The molecule has 0 aliphatic heterocycles. The highest BCUT2D eigenvalue weighted by Gasteiger charge is 2.03. The van der Waals surface area contributed by atoms with Gasteiger partial charge in [-0.25, -0.2) is 0 Å². The summed E-state index contributed by atoms with van der Waals surface area (Å²) in [5.41, 5.74) is 1.33. The third-order valence-corrected chi connectivity index (χ3v) is 4.18. The maximum atomic E-state index is 3.58. The molecular weight excluding hydrogens is 339 g/mol. The summed E-state index contributed by atoms with van der Waals surface area (Å²) in [6.45, 7) is 2.14. The molecule has 0 N–H and O–H groups in total. The van der Waals surface area contributed by atoms with E-state index in [4.69, 9.17) is 0 Å². The lowest BCUT2D eigenvalue weighted by Gasteiger charge is -2.05. The highest BCUT2D eigenvalue weighted by molar-refractivity contribution is 14.1. The molecule has 0 unspecified atom stereocenters. The van der Waals surface area contributed by atoms with Gasteiger partial charge in [-0.3, -0.25) is 0 Å². The summed E-state index contributed by atoms with van der Waals surface area (Å²) in [5, 5.41) is 2.62. The first-order valence-electron chi connectivity index (χ1n) is 4.03. The van der Waals surface area contributed by atoms with Gasteiger partial charge >= 0.3 is 0 Å². The van der Waals surface area contributed by atoms with Crippen LogP contribution in [-0.4, -0.2) is 0 Å². The van der Waals surface area contributed by atoms with Crippen molar-refractivity contribution < 1.29 is 0 Å². The first-order valence-corrected chi connectivity index (χ1v) is 5.90. The Labute approximate surface area is 99.6 Å². The number of hydrogen-bond acceptors (Lipinski definition) is 0. The first kappa shape index (κ1) is 9.46. The fourth-order valence-electron chi connectivity index (χ4n) is 1.40. The molecule has 0 aliphatic rings. The highest BCUT2D eigenvalue weighted by Crippen LogP contribution is 2.30. The Morgan fingerprint density at radius 3 is 2.69 bits per heavy atom. The van der Waals surface area contributed by atoms with Crippen LogP contribution < -0.4 is 0 Å². The molecule has 66 valence electrons. The van der Waals surface area contributed by atoms with E-state index in [2.05, 4.69) is 75.8 Å². The highest BCUT2D eigenvalue weighted by atomic mass is 127. The van der Waals surface area contributed by atoms with Gasteiger partial charge in [-0.15, -0.1) is 0 Å². The smallest absolute Gasteiger partial charge is 0.0264 e. The number of fused-ring (bicyclic) bond motifs is 1. The third kappa shape index (κ3) is 1.62. The summed E-state index contributed by atoms with van der Waals surface area (Å²) in [6, 6.07) is 10.6. The molecule has 0 bridgehead atoms. The Kier molecular flexibility index (Phi) is 2.60. The number of benzene rings is 2. The molecule has 2 aromatic carbocycles. The van der Waals surface area contributed by atoms with Crippen molar-refractivity contribution in [3.8, 4) is 0 Å². The Hall–Kier alpha value is -0.0900. The average Bonchev–Trinajstić information content (AvgIpc) is 2.12. The Morgan fingerprint density at radius 2 is 1.92 bits per heavy atom. The van der Waals surface area contributed by atoms with Gasteiger partial charge in [0.2, 0.25) is 0 Å². The number of rotatable bonds is 0. The lowest BCUT2D eigenvalue weighted by Crippen LogP contribution is -1.83. The fraction of sp³-hybridized carbons (Fsp3) is 0.0909. The molecule has 0 nitrogen and oxygen atoms in total. The molecule has 0 amide bonds. The zero-order chi connectivity index (χ0) is 9.42. The van der Waals surface area contributed by atoms with Crippen LogP contribution >= 0.6 is 38.5 Å². The molecule has 0 spiro atoms. The van der Waals surface area contributed by atoms with Gasteiger partial charge < -0.3 is 0 Å². The molecule has 0 saturated carbocycles. The first-order chi connectivity index (χ1) is 6.20. The minimum atomic E-state index is 1.18. The normalized spacial score (nSPS) is 10.7. The summed E-state index contributed by atoms with van der Waals surface area (Å²) < 4.78 is 2.51. The number of hydrogen-bond donors (Lipinski definition) is 0. The maximum Gasteiger partial charge on any atom is 0.0264 e. The van der Waals surface area contributed by atoms with Crippen molar-refractivity contribution in [2.24, 2.45) is 0 Å². The Morgan fingerprint density at radius 1 is 1.15 bits per heavy atom. The quantitative estimate of drug-likeness (QED) is 0.615. The van der Waals surface area contributed by atoms with Crippen LogP contribution in [0.4, 0.5) is 0 Å². The molecule has 0 aromatic heterocycles. The molecule has 0 atom stereocenters. The van der Waals surface area contributed by atoms with Crippen molar-refractivity contribution in [2.45, 2.75) is 6.92 Å². The van der Waals surface area contributed by atoms with Crippen molar-refractivity contribution in [3.05, 3.63) is 43.9 Å². The molecule has 0 aliphatic carbocycles. The Balaban J connectivity index is 2.97. The van der Waals surface area contributed by atoms with Crippen molar-refractivity contribution >= 4 is 49.3 Å². The third-order valence-electron chi connectivity index (χ3n) is 2.12. The summed E-state index contributed by atoms with van der Waals surface area (Å²) >= 11 is 5.98. The van der Waals surface area contributed by atoms with Crippen LogP contribution in [0.25, 0.3) is 10.8 Å². The molecule has 2 rings (SSSR count). The van der Waals surface area contributed by atoms with Gasteiger partial charge in [0.25, 0.3) is 0 Å². The monoisotopic (exact) mass is 346 g/mol. The standard InChI is InChI=1S/C11H8BrI/c1-7-5-6-8-3-2-4-9(12)10(8)11(7)13/h2-6H,1H3. The Bertz CT molecular complexity index is 463. The summed E-state index contributed by atoms with van der Waals surface area (Å²) in [6.07, 6.45) is 0. The average molecular weight is 347 g/mol. The number of halogens is 2. The molecule has 2 heteroatoms. The van der Waals surface area contributed by atoms with Gasteiger partial charge in [-0.05, 0) is 46.5 Å². The molecular formula is C11H8BrI. The van der Waals surface area contributed by atoms with E-state index in [-0.39, 0.29) is 0 Å². The summed E-state index contributed by atoms with van der Waals surface area (Å²) in [4.78, 5) is 0. The minimum absolute atomic E-state index is 1.18. The van der Waals surface area contributed by atoms with Crippen LogP contribution in [0.15, 0.2) is 34.8 Å². The van der Waals surface area contributed by atoms with Crippen LogP contribution in [0.1, 0.15) is 5.56 Å². The van der Waals surface area contributed by atoms with E-state index in [1.165, 1.54) is 24.4 Å². The van der Waals surface area contributed by atoms with E-state index in [1.807, 2.05) is 0 Å². The zero-order valence-corrected chi connectivity index (χ0v) is 10.9. The number of aryl methyl sites for hydroxylation is 1.